The van der Waals surface area contributed by atoms with Crippen molar-refractivity contribution in [2.24, 2.45) is 0 Å². The summed E-state index contributed by atoms with van der Waals surface area (Å²) in [5, 5.41) is 0. The van der Waals surface area contributed by atoms with Crippen molar-refractivity contribution in [3.63, 3.8) is 0 Å². The number of hydrogen-bond acceptors (Lipinski definition) is 5. The lowest BCUT2D eigenvalue weighted by Gasteiger charge is -2.17. The molecule has 0 aromatic heterocycles. The fourth-order valence-electron chi connectivity index (χ4n) is 2.34. The molecule has 0 unspecified atom stereocenters. The zero-order chi connectivity index (χ0) is 17.1. The van der Waals surface area contributed by atoms with Gasteiger partial charge in [0, 0.05) is 0 Å². The van der Waals surface area contributed by atoms with Crippen LogP contribution in [0.25, 0.3) is 6.08 Å². The van der Waals surface area contributed by atoms with Gasteiger partial charge in [0.2, 0.25) is 0 Å². The number of thiocarbonyl (C=S) groups is 1. The maximum atomic E-state index is 12.8. The molecule has 2 aromatic carbocycles. The molecule has 1 amide bonds. The second-order valence-electron chi connectivity index (χ2n) is 4.96. The van der Waals surface area contributed by atoms with Gasteiger partial charge in [0.05, 0.1) is 24.8 Å². The molecule has 2 aromatic rings. The molecule has 122 valence electrons. The van der Waals surface area contributed by atoms with Crippen molar-refractivity contribution >= 4 is 46.0 Å². The molecule has 1 aliphatic heterocycles. The van der Waals surface area contributed by atoms with Crippen LogP contribution in [-0.4, -0.2) is 24.4 Å². The van der Waals surface area contributed by atoms with Crippen molar-refractivity contribution in [2.45, 2.75) is 0 Å². The third-order valence-corrected chi connectivity index (χ3v) is 4.84. The number of ether oxygens (including phenoxy) is 2. The summed E-state index contributed by atoms with van der Waals surface area (Å²) in [6, 6.07) is 14.8. The van der Waals surface area contributed by atoms with Crippen LogP contribution in [0.2, 0.25) is 0 Å². The van der Waals surface area contributed by atoms with Crippen LogP contribution in [0.3, 0.4) is 0 Å². The largest absolute Gasteiger partial charge is 0.497 e. The minimum absolute atomic E-state index is 0.148. The van der Waals surface area contributed by atoms with Crippen LogP contribution in [0.15, 0.2) is 53.4 Å². The van der Waals surface area contributed by atoms with Crippen molar-refractivity contribution in [1.82, 2.24) is 0 Å². The van der Waals surface area contributed by atoms with Crippen LogP contribution >= 0.6 is 24.0 Å². The van der Waals surface area contributed by atoms with Crippen LogP contribution in [0, 0.1) is 0 Å². The maximum absolute atomic E-state index is 12.8. The molecule has 0 spiro atoms. The molecule has 0 radical (unpaired) electrons. The first kappa shape index (κ1) is 16.5. The molecular weight excluding hydrogens is 342 g/mol. The number of nitrogens with zero attached hydrogens (tertiary/aromatic N) is 1. The van der Waals surface area contributed by atoms with E-state index >= 15 is 0 Å². The fourth-order valence-corrected chi connectivity index (χ4v) is 3.63. The van der Waals surface area contributed by atoms with E-state index in [0.29, 0.717) is 20.7 Å². The summed E-state index contributed by atoms with van der Waals surface area (Å²) in [7, 11) is 3.19. The summed E-state index contributed by atoms with van der Waals surface area (Å²) in [4.78, 5) is 14.9. The average Bonchev–Trinajstić information content (AvgIpc) is 2.89. The summed E-state index contributed by atoms with van der Waals surface area (Å²) < 4.78 is 11.0. The van der Waals surface area contributed by atoms with E-state index in [9.17, 15) is 4.79 Å². The van der Waals surface area contributed by atoms with Gasteiger partial charge in [0.1, 0.15) is 11.5 Å². The van der Waals surface area contributed by atoms with Gasteiger partial charge in [-0.25, -0.2) is 0 Å². The quantitative estimate of drug-likeness (QED) is 0.608. The van der Waals surface area contributed by atoms with Gasteiger partial charge in [0.25, 0.3) is 5.91 Å². The van der Waals surface area contributed by atoms with E-state index in [-0.39, 0.29) is 5.91 Å². The smallest absolute Gasteiger partial charge is 0.270 e. The molecule has 0 aliphatic carbocycles. The zero-order valence-corrected chi connectivity index (χ0v) is 14.8. The normalized spacial score (nSPS) is 15.9. The molecule has 4 nitrogen and oxygen atoms in total. The number of rotatable bonds is 4. The molecule has 0 atom stereocenters. The summed E-state index contributed by atoms with van der Waals surface area (Å²) in [6.45, 7) is 0. The molecule has 0 N–H and O–H groups in total. The molecule has 1 aliphatic rings. The predicted molar refractivity (Wildman–Crippen MR) is 102 cm³/mol. The predicted octanol–water partition coefficient (Wildman–Crippen LogP) is 4.11. The lowest BCUT2D eigenvalue weighted by Crippen LogP contribution is -2.27. The fraction of sp³-hybridized carbons (Fsp3) is 0.111. The molecule has 1 heterocycles. The van der Waals surface area contributed by atoms with Crippen LogP contribution in [0.4, 0.5) is 5.69 Å². The SMILES string of the molecule is COc1ccc(/C=C2/SC(=S)N(c3ccccc3OC)C2=O)cc1. The minimum Gasteiger partial charge on any atom is -0.497 e. The molecule has 0 bridgehead atoms. The van der Waals surface area contributed by atoms with Gasteiger partial charge in [-0.15, -0.1) is 0 Å². The average molecular weight is 357 g/mol. The van der Waals surface area contributed by atoms with E-state index in [1.807, 2.05) is 48.5 Å². The lowest BCUT2D eigenvalue weighted by molar-refractivity contribution is -0.113. The minimum atomic E-state index is -0.148. The van der Waals surface area contributed by atoms with Gasteiger partial charge in [-0.2, -0.15) is 0 Å². The number of anilines is 1. The second-order valence-corrected chi connectivity index (χ2v) is 6.64. The number of carbonyl (C=O) groups is 1. The van der Waals surface area contributed by atoms with E-state index in [1.54, 1.807) is 20.3 Å². The monoisotopic (exact) mass is 357 g/mol. The Morgan fingerprint density at radius 2 is 1.75 bits per heavy atom. The Kier molecular flexibility index (Phi) is 4.87. The van der Waals surface area contributed by atoms with Crippen molar-refractivity contribution in [2.75, 3.05) is 19.1 Å². The van der Waals surface area contributed by atoms with Gasteiger partial charge in [-0.3, -0.25) is 9.69 Å². The maximum Gasteiger partial charge on any atom is 0.270 e. The highest BCUT2D eigenvalue weighted by Gasteiger charge is 2.34. The van der Waals surface area contributed by atoms with Crippen LogP contribution < -0.4 is 14.4 Å². The number of amides is 1. The van der Waals surface area contributed by atoms with Gasteiger partial charge >= 0.3 is 0 Å². The Morgan fingerprint density at radius 1 is 1.04 bits per heavy atom. The van der Waals surface area contributed by atoms with Crippen molar-refractivity contribution in [1.29, 1.82) is 0 Å². The molecule has 24 heavy (non-hydrogen) atoms. The third kappa shape index (κ3) is 3.16. The Labute approximate surface area is 150 Å². The Balaban J connectivity index is 1.92. The molecule has 1 fully saturated rings. The van der Waals surface area contributed by atoms with E-state index < -0.39 is 0 Å². The molecular formula is C18H15NO3S2. The van der Waals surface area contributed by atoms with Crippen molar-refractivity contribution < 1.29 is 14.3 Å². The second kappa shape index (κ2) is 7.07. The van der Waals surface area contributed by atoms with Gasteiger partial charge in [-0.05, 0) is 35.9 Å². The highest BCUT2D eigenvalue weighted by Crippen LogP contribution is 2.39. The molecule has 3 rings (SSSR count). The number of benzene rings is 2. The Hall–Kier alpha value is -2.31. The topological polar surface area (TPSA) is 38.8 Å². The number of methoxy groups -OCH3 is 2. The summed E-state index contributed by atoms with van der Waals surface area (Å²) in [5.41, 5.74) is 1.57. The van der Waals surface area contributed by atoms with Crippen LogP contribution in [0.5, 0.6) is 11.5 Å². The number of hydrogen-bond donors (Lipinski definition) is 0. The van der Waals surface area contributed by atoms with E-state index in [4.69, 9.17) is 21.7 Å². The first-order chi connectivity index (χ1) is 11.6. The van der Waals surface area contributed by atoms with E-state index in [2.05, 4.69) is 0 Å². The van der Waals surface area contributed by atoms with E-state index in [0.717, 1.165) is 11.3 Å². The molecule has 1 saturated heterocycles. The number of para-hydroxylation sites is 2. The van der Waals surface area contributed by atoms with Crippen LogP contribution in [0.1, 0.15) is 5.56 Å². The van der Waals surface area contributed by atoms with E-state index in [1.165, 1.54) is 16.7 Å². The zero-order valence-electron chi connectivity index (χ0n) is 13.2. The first-order valence-electron chi connectivity index (χ1n) is 7.19. The number of carbonyl (C=O) groups excluding carboxylic acids is 1. The highest BCUT2D eigenvalue weighted by molar-refractivity contribution is 8.27. The molecule has 6 heteroatoms. The summed E-state index contributed by atoms with van der Waals surface area (Å²) in [5.74, 6) is 1.23. The highest BCUT2D eigenvalue weighted by atomic mass is 32.2. The molecule has 0 saturated carbocycles. The summed E-state index contributed by atoms with van der Waals surface area (Å²) in [6.07, 6.45) is 1.83. The van der Waals surface area contributed by atoms with Crippen LogP contribution in [-0.2, 0) is 4.79 Å². The number of thioether (sulfide) groups is 1. The lowest BCUT2D eigenvalue weighted by atomic mass is 10.2. The van der Waals surface area contributed by atoms with Gasteiger partial charge in [-0.1, -0.05) is 48.2 Å². The third-order valence-electron chi connectivity index (χ3n) is 3.53. The van der Waals surface area contributed by atoms with Gasteiger partial charge in [0.15, 0.2) is 4.32 Å². The van der Waals surface area contributed by atoms with Crippen molar-refractivity contribution in [3.8, 4) is 11.5 Å². The van der Waals surface area contributed by atoms with Crippen molar-refractivity contribution in [3.05, 3.63) is 59.0 Å². The Morgan fingerprint density at radius 3 is 2.42 bits per heavy atom. The first-order valence-corrected chi connectivity index (χ1v) is 8.41. The summed E-state index contributed by atoms with van der Waals surface area (Å²) >= 11 is 6.67. The van der Waals surface area contributed by atoms with Gasteiger partial charge < -0.3 is 9.47 Å². The Bertz CT molecular complexity index is 815. The standard InChI is InChI=1S/C18H15NO3S2/c1-21-13-9-7-12(8-10-13)11-16-17(20)19(18(23)24-16)14-5-3-4-6-15(14)22-2/h3-11H,1-2H3/b16-11+.